The highest BCUT2D eigenvalue weighted by molar-refractivity contribution is 5.44. The molecule has 1 aliphatic heterocycles. The first kappa shape index (κ1) is 9.18. The standard InChI is InChI=1S/C10H12N2O2/c13-7-12-14-10-9-4-2-1-3-8(9)5-6-11-10/h1-4,7,10-11H,5-6H2,(H,12,13). The van der Waals surface area contributed by atoms with E-state index in [-0.39, 0.29) is 6.23 Å². The molecule has 0 fully saturated rings. The van der Waals surface area contributed by atoms with E-state index >= 15 is 0 Å². The van der Waals surface area contributed by atoms with Gasteiger partial charge in [0.15, 0.2) is 6.23 Å². The van der Waals surface area contributed by atoms with Crippen LogP contribution < -0.4 is 10.8 Å². The molecule has 74 valence electrons. The summed E-state index contributed by atoms with van der Waals surface area (Å²) in [6, 6.07) is 8.05. The molecular weight excluding hydrogens is 180 g/mol. The number of rotatable bonds is 3. The number of fused-ring (bicyclic) bond motifs is 1. The number of hydroxylamine groups is 1. The Bertz CT molecular complexity index is 328. The second-order valence-corrected chi connectivity index (χ2v) is 3.14. The lowest BCUT2D eigenvalue weighted by Gasteiger charge is -2.25. The summed E-state index contributed by atoms with van der Waals surface area (Å²) in [4.78, 5) is 15.2. The van der Waals surface area contributed by atoms with Crippen molar-refractivity contribution >= 4 is 6.41 Å². The summed E-state index contributed by atoms with van der Waals surface area (Å²) in [6.45, 7) is 0.863. The summed E-state index contributed by atoms with van der Waals surface area (Å²) in [7, 11) is 0. The van der Waals surface area contributed by atoms with Gasteiger partial charge in [0, 0.05) is 12.1 Å². The van der Waals surface area contributed by atoms with Crippen molar-refractivity contribution in [3.63, 3.8) is 0 Å². The Morgan fingerprint density at radius 2 is 2.36 bits per heavy atom. The molecule has 2 N–H and O–H groups in total. The molecule has 4 heteroatoms. The molecule has 1 atom stereocenters. The topological polar surface area (TPSA) is 50.4 Å². The quantitative estimate of drug-likeness (QED) is 0.542. The van der Waals surface area contributed by atoms with Crippen molar-refractivity contribution < 1.29 is 9.63 Å². The summed E-state index contributed by atoms with van der Waals surface area (Å²) in [5.41, 5.74) is 4.57. The third-order valence-electron chi connectivity index (χ3n) is 2.30. The molecule has 14 heavy (non-hydrogen) atoms. The van der Waals surface area contributed by atoms with Gasteiger partial charge in [0.2, 0.25) is 6.41 Å². The van der Waals surface area contributed by atoms with Gasteiger partial charge in [0.25, 0.3) is 0 Å². The molecule has 0 bridgehead atoms. The van der Waals surface area contributed by atoms with Gasteiger partial charge in [0.1, 0.15) is 0 Å². The van der Waals surface area contributed by atoms with Crippen LogP contribution in [-0.4, -0.2) is 13.0 Å². The van der Waals surface area contributed by atoms with E-state index in [1.165, 1.54) is 5.56 Å². The summed E-state index contributed by atoms with van der Waals surface area (Å²) < 4.78 is 0. The van der Waals surface area contributed by atoms with Gasteiger partial charge >= 0.3 is 0 Å². The lowest BCUT2D eigenvalue weighted by Crippen LogP contribution is -2.34. The van der Waals surface area contributed by atoms with Gasteiger partial charge in [-0.15, -0.1) is 0 Å². The highest BCUT2D eigenvalue weighted by Gasteiger charge is 2.19. The normalized spacial score (nSPS) is 19.9. The van der Waals surface area contributed by atoms with Crippen molar-refractivity contribution in [2.24, 2.45) is 0 Å². The first-order valence-corrected chi connectivity index (χ1v) is 4.58. The van der Waals surface area contributed by atoms with Gasteiger partial charge in [-0.2, -0.15) is 0 Å². The number of benzene rings is 1. The Hall–Kier alpha value is -1.39. The number of carbonyl (C=O) groups excluding carboxylic acids is 1. The van der Waals surface area contributed by atoms with Crippen LogP contribution in [0.2, 0.25) is 0 Å². The zero-order valence-electron chi connectivity index (χ0n) is 7.69. The maximum absolute atomic E-state index is 10.1. The van der Waals surface area contributed by atoms with Crippen LogP contribution in [0.15, 0.2) is 24.3 Å². The highest BCUT2D eigenvalue weighted by Crippen LogP contribution is 2.22. The fourth-order valence-electron chi connectivity index (χ4n) is 1.67. The molecule has 0 spiro atoms. The Kier molecular flexibility index (Phi) is 2.76. The van der Waals surface area contributed by atoms with Crippen molar-refractivity contribution in [3.05, 3.63) is 35.4 Å². The second kappa shape index (κ2) is 4.21. The predicted molar refractivity (Wildman–Crippen MR) is 51.2 cm³/mol. The minimum atomic E-state index is -0.231. The maximum Gasteiger partial charge on any atom is 0.230 e. The fraction of sp³-hybridized carbons (Fsp3) is 0.300. The van der Waals surface area contributed by atoms with E-state index in [0.717, 1.165) is 18.5 Å². The Morgan fingerprint density at radius 3 is 3.21 bits per heavy atom. The van der Waals surface area contributed by atoms with Crippen LogP contribution in [0.4, 0.5) is 0 Å². The third kappa shape index (κ3) is 1.76. The highest BCUT2D eigenvalue weighted by atomic mass is 16.7. The van der Waals surface area contributed by atoms with E-state index in [9.17, 15) is 4.79 Å². The van der Waals surface area contributed by atoms with Gasteiger partial charge in [-0.1, -0.05) is 24.3 Å². The zero-order valence-corrected chi connectivity index (χ0v) is 7.69. The monoisotopic (exact) mass is 192 g/mol. The molecule has 0 aromatic heterocycles. The van der Waals surface area contributed by atoms with Crippen LogP contribution >= 0.6 is 0 Å². The van der Waals surface area contributed by atoms with Crippen molar-refractivity contribution in [3.8, 4) is 0 Å². The van der Waals surface area contributed by atoms with E-state index in [2.05, 4.69) is 16.9 Å². The lowest BCUT2D eigenvalue weighted by molar-refractivity contribution is -0.128. The average Bonchev–Trinajstić information content (AvgIpc) is 2.26. The predicted octanol–water partition coefficient (Wildman–Crippen LogP) is 0.508. The second-order valence-electron chi connectivity index (χ2n) is 3.14. The van der Waals surface area contributed by atoms with Crippen molar-refractivity contribution in [2.75, 3.05) is 6.54 Å². The Balaban J connectivity index is 2.17. The number of amides is 1. The van der Waals surface area contributed by atoms with Crippen molar-refractivity contribution in [1.82, 2.24) is 10.8 Å². The van der Waals surface area contributed by atoms with Crippen LogP contribution in [0.25, 0.3) is 0 Å². The SMILES string of the molecule is O=CNOC1NCCc2ccccc21. The number of carbonyl (C=O) groups is 1. The zero-order chi connectivity index (χ0) is 9.80. The smallest absolute Gasteiger partial charge is 0.230 e. The van der Waals surface area contributed by atoms with E-state index < -0.39 is 0 Å². The number of hydrogen-bond donors (Lipinski definition) is 2. The largest absolute Gasteiger partial charge is 0.286 e. The van der Waals surface area contributed by atoms with Crippen LogP contribution in [0.1, 0.15) is 17.4 Å². The van der Waals surface area contributed by atoms with Gasteiger partial charge in [-0.3, -0.25) is 10.1 Å². The molecular formula is C10H12N2O2. The average molecular weight is 192 g/mol. The molecule has 1 heterocycles. The summed E-state index contributed by atoms with van der Waals surface area (Å²) >= 11 is 0. The minimum Gasteiger partial charge on any atom is -0.286 e. The molecule has 1 unspecified atom stereocenters. The van der Waals surface area contributed by atoms with Crippen LogP contribution in [0.5, 0.6) is 0 Å². The Labute approximate surface area is 82.2 Å². The molecule has 0 aliphatic carbocycles. The molecule has 1 aliphatic rings. The third-order valence-corrected chi connectivity index (χ3v) is 2.30. The summed E-state index contributed by atoms with van der Waals surface area (Å²) in [5, 5.41) is 3.17. The van der Waals surface area contributed by atoms with Crippen molar-refractivity contribution in [2.45, 2.75) is 12.6 Å². The van der Waals surface area contributed by atoms with Crippen molar-refractivity contribution in [1.29, 1.82) is 0 Å². The molecule has 1 aromatic carbocycles. The molecule has 0 radical (unpaired) electrons. The van der Waals surface area contributed by atoms with Gasteiger partial charge in [-0.05, 0) is 12.0 Å². The maximum atomic E-state index is 10.1. The summed E-state index contributed by atoms with van der Waals surface area (Å²) in [6.07, 6.45) is 1.29. The lowest BCUT2D eigenvalue weighted by atomic mass is 10.00. The number of nitrogens with one attached hydrogen (secondary N) is 2. The minimum absolute atomic E-state index is 0.231. The molecule has 1 aromatic rings. The molecule has 0 saturated carbocycles. The molecule has 0 saturated heterocycles. The molecule has 1 amide bonds. The molecule has 2 rings (SSSR count). The summed E-state index contributed by atoms with van der Waals surface area (Å²) in [5.74, 6) is 0. The number of hydrogen-bond acceptors (Lipinski definition) is 3. The fourth-order valence-corrected chi connectivity index (χ4v) is 1.67. The van der Waals surface area contributed by atoms with E-state index in [0.29, 0.717) is 6.41 Å². The van der Waals surface area contributed by atoms with E-state index in [1.54, 1.807) is 0 Å². The van der Waals surface area contributed by atoms with Crippen LogP contribution in [-0.2, 0) is 16.1 Å². The van der Waals surface area contributed by atoms with Gasteiger partial charge < -0.3 is 0 Å². The van der Waals surface area contributed by atoms with Gasteiger partial charge in [0.05, 0.1) is 0 Å². The van der Waals surface area contributed by atoms with E-state index in [1.807, 2.05) is 18.2 Å². The van der Waals surface area contributed by atoms with Gasteiger partial charge in [-0.25, -0.2) is 10.3 Å². The Morgan fingerprint density at radius 1 is 1.50 bits per heavy atom. The first-order chi connectivity index (χ1) is 6.92. The van der Waals surface area contributed by atoms with Crippen LogP contribution in [0.3, 0.4) is 0 Å². The van der Waals surface area contributed by atoms with E-state index in [4.69, 9.17) is 4.84 Å². The first-order valence-electron chi connectivity index (χ1n) is 4.58. The molecule has 4 nitrogen and oxygen atoms in total. The van der Waals surface area contributed by atoms with Crippen LogP contribution in [0, 0.1) is 0 Å².